The molecular weight excluding hydrogens is 362 g/mol. The summed E-state index contributed by atoms with van der Waals surface area (Å²) in [5, 5.41) is 6.73. The van der Waals surface area contributed by atoms with Gasteiger partial charge >= 0.3 is 0 Å². The largest absolute Gasteiger partial charge is 0.322 e. The number of carbonyl (C=O) groups is 2. The zero-order chi connectivity index (χ0) is 20.5. The highest BCUT2D eigenvalue weighted by Gasteiger charge is 2.09. The Kier molecular flexibility index (Phi) is 6.68. The van der Waals surface area contributed by atoms with Crippen LogP contribution < -0.4 is 10.7 Å². The molecule has 3 rings (SSSR count). The van der Waals surface area contributed by atoms with Gasteiger partial charge in [0, 0.05) is 23.0 Å². The van der Waals surface area contributed by atoms with E-state index in [0.29, 0.717) is 16.8 Å². The molecule has 0 aromatic heterocycles. The molecule has 0 fully saturated rings. The number of hydrogen-bond acceptors (Lipinski definition) is 3. The molecule has 2 N–H and O–H groups in total. The Balaban J connectivity index is 1.53. The molecule has 5 heteroatoms. The van der Waals surface area contributed by atoms with E-state index in [9.17, 15) is 9.59 Å². The highest BCUT2D eigenvalue weighted by atomic mass is 16.2. The second-order valence-electron chi connectivity index (χ2n) is 6.34. The Morgan fingerprint density at radius 3 is 2.24 bits per heavy atom. The minimum atomic E-state index is -0.328. The van der Waals surface area contributed by atoms with Crippen molar-refractivity contribution in [1.82, 2.24) is 5.43 Å². The molecule has 0 spiro atoms. The molecule has 0 bridgehead atoms. The lowest BCUT2D eigenvalue weighted by Crippen LogP contribution is -2.17. The minimum absolute atomic E-state index is 0.185. The highest BCUT2D eigenvalue weighted by molar-refractivity contribution is 6.05. The molecule has 0 aliphatic heterocycles. The quantitative estimate of drug-likeness (QED) is 0.479. The Morgan fingerprint density at radius 1 is 0.828 bits per heavy atom. The summed E-state index contributed by atoms with van der Waals surface area (Å²) in [5.41, 5.74) is 6.10. The van der Waals surface area contributed by atoms with E-state index >= 15 is 0 Å². The second kappa shape index (κ2) is 9.80. The van der Waals surface area contributed by atoms with Gasteiger partial charge in [0.15, 0.2) is 0 Å². The molecule has 0 aliphatic rings. The summed E-state index contributed by atoms with van der Waals surface area (Å²) < 4.78 is 0. The number of hydrogen-bond donors (Lipinski definition) is 2. The molecule has 3 aromatic carbocycles. The van der Waals surface area contributed by atoms with Gasteiger partial charge in [-0.2, -0.15) is 5.10 Å². The summed E-state index contributed by atoms with van der Waals surface area (Å²) in [6.45, 7) is 1.89. The lowest BCUT2D eigenvalue weighted by atomic mass is 10.1. The molecule has 144 valence electrons. The van der Waals surface area contributed by atoms with Gasteiger partial charge < -0.3 is 5.32 Å². The van der Waals surface area contributed by atoms with E-state index in [1.54, 1.807) is 36.4 Å². The molecule has 0 radical (unpaired) electrons. The van der Waals surface area contributed by atoms with Gasteiger partial charge in [-0.3, -0.25) is 9.59 Å². The van der Waals surface area contributed by atoms with Gasteiger partial charge in [0.05, 0.1) is 0 Å². The summed E-state index contributed by atoms with van der Waals surface area (Å²) in [4.78, 5) is 24.5. The number of benzene rings is 3. The first-order valence-electron chi connectivity index (χ1n) is 9.15. The average Bonchev–Trinajstić information content (AvgIpc) is 2.75. The van der Waals surface area contributed by atoms with Crippen LogP contribution in [0.2, 0.25) is 0 Å². The topological polar surface area (TPSA) is 70.6 Å². The fourth-order valence-corrected chi connectivity index (χ4v) is 2.65. The van der Waals surface area contributed by atoms with Crippen molar-refractivity contribution in [2.45, 2.75) is 6.92 Å². The van der Waals surface area contributed by atoms with E-state index in [4.69, 9.17) is 0 Å². The number of hydrazone groups is 1. The van der Waals surface area contributed by atoms with Crippen molar-refractivity contribution in [1.29, 1.82) is 0 Å². The number of carbonyl (C=O) groups excluding carboxylic acids is 2. The van der Waals surface area contributed by atoms with Crippen molar-refractivity contribution in [2.24, 2.45) is 5.10 Å². The predicted octanol–water partition coefficient (Wildman–Crippen LogP) is 4.68. The third-order valence-electron chi connectivity index (χ3n) is 4.21. The Hall–Kier alpha value is -3.99. The van der Waals surface area contributed by atoms with Crippen molar-refractivity contribution in [3.8, 4) is 0 Å². The van der Waals surface area contributed by atoms with Crippen LogP contribution in [-0.2, 0) is 0 Å². The first-order valence-corrected chi connectivity index (χ1v) is 9.15. The lowest BCUT2D eigenvalue weighted by molar-refractivity contribution is 0.0954. The molecule has 0 saturated heterocycles. The predicted molar refractivity (Wildman–Crippen MR) is 117 cm³/mol. The van der Waals surface area contributed by atoms with Crippen LogP contribution in [0.25, 0.3) is 6.08 Å². The van der Waals surface area contributed by atoms with Crippen LogP contribution >= 0.6 is 0 Å². The summed E-state index contributed by atoms with van der Waals surface area (Å²) in [6, 6.07) is 23.8. The van der Waals surface area contributed by atoms with Gasteiger partial charge in [0.25, 0.3) is 11.8 Å². The smallest absolute Gasteiger partial charge is 0.271 e. The average molecular weight is 383 g/mol. The number of anilines is 1. The molecular formula is C24H21N3O2. The van der Waals surface area contributed by atoms with Gasteiger partial charge in [0.1, 0.15) is 0 Å². The van der Waals surface area contributed by atoms with Crippen molar-refractivity contribution >= 4 is 29.8 Å². The van der Waals surface area contributed by atoms with Crippen LogP contribution in [0.15, 0.2) is 90.0 Å². The first kappa shape index (κ1) is 19.8. The maximum atomic E-state index is 12.3. The summed E-state index contributed by atoms with van der Waals surface area (Å²) in [6.07, 6.45) is 5.16. The second-order valence-corrected chi connectivity index (χ2v) is 6.34. The van der Waals surface area contributed by atoms with Crippen molar-refractivity contribution in [3.05, 3.63) is 107 Å². The molecule has 3 aromatic rings. The standard InChI is InChI=1S/C24H21N3O2/c1-18-8-5-6-12-22(18)24(29)26-21-15-13-20(14-16-21)23(28)27-25-17-7-11-19-9-3-2-4-10-19/h2-17H,1H3,(H,26,29)(H,27,28)/b11-7+,25-17-. The Labute approximate surface area is 169 Å². The molecule has 0 atom stereocenters. The number of aryl methyl sites for hydroxylation is 1. The van der Waals surface area contributed by atoms with E-state index in [-0.39, 0.29) is 11.8 Å². The fraction of sp³-hybridized carbons (Fsp3) is 0.0417. The van der Waals surface area contributed by atoms with Gasteiger partial charge in [0.2, 0.25) is 0 Å². The van der Waals surface area contributed by atoms with E-state index < -0.39 is 0 Å². The Bertz CT molecular complexity index is 1040. The van der Waals surface area contributed by atoms with E-state index in [1.165, 1.54) is 6.21 Å². The number of amides is 2. The van der Waals surface area contributed by atoms with Crippen LogP contribution in [0.3, 0.4) is 0 Å². The zero-order valence-corrected chi connectivity index (χ0v) is 16.0. The number of nitrogens with zero attached hydrogens (tertiary/aromatic N) is 1. The van der Waals surface area contributed by atoms with Crippen LogP contribution in [0.1, 0.15) is 31.8 Å². The maximum absolute atomic E-state index is 12.3. The SMILES string of the molecule is Cc1ccccc1C(=O)Nc1ccc(C(=O)N/N=C\C=C\c2ccccc2)cc1. The van der Waals surface area contributed by atoms with Crippen LogP contribution in [0, 0.1) is 6.92 Å². The molecule has 0 heterocycles. The lowest BCUT2D eigenvalue weighted by Gasteiger charge is -2.08. The number of allylic oxidation sites excluding steroid dienone is 1. The van der Waals surface area contributed by atoms with E-state index in [2.05, 4.69) is 15.8 Å². The highest BCUT2D eigenvalue weighted by Crippen LogP contribution is 2.13. The van der Waals surface area contributed by atoms with Gasteiger partial charge in [-0.1, -0.05) is 54.6 Å². The van der Waals surface area contributed by atoms with Crippen molar-refractivity contribution in [3.63, 3.8) is 0 Å². The van der Waals surface area contributed by atoms with E-state index in [1.807, 2.05) is 61.5 Å². The molecule has 0 unspecified atom stereocenters. The molecule has 2 amide bonds. The van der Waals surface area contributed by atoms with Crippen LogP contribution in [-0.4, -0.2) is 18.0 Å². The summed E-state index contributed by atoms with van der Waals surface area (Å²) in [7, 11) is 0. The normalized spacial score (nSPS) is 10.9. The first-order chi connectivity index (χ1) is 14.1. The minimum Gasteiger partial charge on any atom is -0.322 e. The summed E-state index contributed by atoms with van der Waals surface area (Å²) >= 11 is 0. The molecule has 0 aliphatic carbocycles. The third kappa shape index (κ3) is 5.74. The molecule has 29 heavy (non-hydrogen) atoms. The van der Waals surface area contributed by atoms with Crippen LogP contribution in [0.4, 0.5) is 5.69 Å². The van der Waals surface area contributed by atoms with E-state index in [0.717, 1.165) is 11.1 Å². The Morgan fingerprint density at radius 2 is 1.52 bits per heavy atom. The number of nitrogens with one attached hydrogen (secondary N) is 2. The van der Waals surface area contributed by atoms with Gasteiger partial charge in [-0.15, -0.1) is 0 Å². The summed E-state index contributed by atoms with van der Waals surface area (Å²) in [5.74, 6) is -0.513. The van der Waals surface area contributed by atoms with Gasteiger partial charge in [-0.25, -0.2) is 5.43 Å². The fourth-order valence-electron chi connectivity index (χ4n) is 2.65. The zero-order valence-electron chi connectivity index (χ0n) is 16.0. The number of rotatable bonds is 6. The molecule has 0 saturated carbocycles. The molecule has 5 nitrogen and oxygen atoms in total. The maximum Gasteiger partial charge on any atom is 0.271 e. The van der Waals surface area contributed by atoms with Crippen molar-refractivity contribution in [2.75, 3.05) is 5.32 Å². The third-order valence-corrected chi connectivity index (χ3v) is 4.21. The van der Waals surface area contributed by atoms with Gasteiger partial charge in [-0.05, 0) is 54.5 Å². The van der Waals surface area contributed by atoms with Crippen LogP contribution in [0.5, 0.6) is 0 Å². The monoisotopic (exact) mass is 383 g/mol. The van der Waals surface area contributed by atoms with Crippen molar-refractivity contribution < 1.29 is 9.59 Å².